The van der Waals surface area contributed by atoms with E-state index in [2.05, 4.69) is 10.6 Å². The molecule has 1 saturated heterocycles. The number of amides is 3. The maximum absolute atomic E-state index is 14.0. The van der Waals surface area contributed by atoms with Crippen molar-refractivity contribution in [1.29, 1.82) is 0 Å². The highest BCUT2D eigenvalue weighted by Crippen LogP contribution is 2.39. The molecule has 0 radical (unpaired) electrons. The van der Waals surface area contributed by atoms with E-state index in [1.807, 2.05) is 30.3 Å². The summed E-state index contributed by atoms with van der Waals surface area (Å²) in [7, 11) is 1.68. The monoisotopic (exact) mass is 634 g/mol. The van der Waals surface area contributed by atoms with Crippen LogP contribution in [-0.4, -0.2) is 69.4 Å². The molecule has 1 aromatic heterocycles. The molecule has 1 aliphatic carbocycles. The number of carbonyl (C=O) groups excluding carboxylic acids is 3. The molecular formula is C35H43FN4O6. The van der Waals surface area contributed by atoms with E-state index in [0.29, 0.717) is 49.7 Å². The molecule has 3 atom stereocenters. The number of halogens is 1. The molecule has 0 unspecified atom stereocenters. The van der Waals surface area contributed by atoms with Crippen LogP contribution in [-0.2, 0) is 21.4 Å². The molecule has 46 heavy (non-hydrogen) atoms. The van der Waals surface area contributed by atoms with Gasteiger partial charge in [0.05, 0.1) is 6.04 Å². The Morgan fingerprint density at radius 3 is 2.33 bits per heavy atom. The Labute approximate surface area is 268 Å². The zero-order valence-corrected chi connectivity index (χ0v) is 26.8. The summed E-state index contributed by atoms with van der Waals surface area (Å²) in [5.74, 6) is -2.05. The molecule has 1 aliphatic heterocycles. The summed E-state index contributed by atoms with van der Waals surface area (Å²) >= 11 is 0. The average Bonchev–Trinajstić information content (AvgIpc) is 3.61. The van der Waals surface area contributed by atoms with Gasteiger partial charge in [-0.2, -0.15) is 0 Å². The van der Waals surface area contributed by atoms with Crippen molar-refractivity contribution in [3.63, 3.8) is 0 Å². The third-order valence-electron chi connectivity index (χ3n) is 9.26. The SMILES string of the molecule is Cn1c(C(=O)O)cc2cc(NC(=O)[C@H]3[C@H](c4ccccc4)CCN3C(=O)C3CCC([C@@H](CF)NC(=O)OC(C)(C)C)CC3)ccc21. The average molecular weight is 635 g/mol. The fourth-order valence-corrected chi connectivity index (χ4v) is 7.01. The number of likely N-dealkylation sites (tertiary alicyclic amines) is 1. The van der Waals surface area contributed by atoms with E-state index in [-0.39, 0.29) is 35.3 Å². The Hall–Kier alpha value is -4.41. The predicted octanol–water partition coefficient (Wildman–Crippen LogP) is 5.87. The molecule has 3 amide bonds. The first kappa shape index (κ1) is 33.0. The summed E-state index contributed by atoms with van der Waals surface area (Å²) in [5.41, 5.74) is 1.67. The molecule has 1 saturated carbocycles. The Bertz CT molecular complexity index is 1590. The van der Waals surface area contributed by atoms with Gasteiger partial charge in [-0.1, -0.05) is 30.3 Å². The molecule has 2 aliphatic rings. The number of benzene rings is 2. The second kappa shape index (κ2) is 13.5. The molecular weight excluding hydrogens is 591 g/mol. The lowest BCUT2D eigenvalue weighted by atomic mass is 9.78. The molecule has 2 heterocycles. The number of aryl methyl sites for hydroxylation is 1. The van der Waals surface area contributed by atoms with E-state index in [4.69, 9.17) is 4.74 Å². The highest BCUT2D eigenvalue weighted by Gasteiger charge is 2.45. The first-order valence-electron chi connectivity index (χ1n) is 15.9. The number of hydrogen-bond acceptors (Lipinski definition) is 5. The van der Waals surface area contributed by atoms with Crippen molar-refractivity contribution in [2.24, 2.45) is 18.9 Å². The topological polar surface area (TPSA) is 130 Å². The van der Waals surface area contributed by atoms with Crippen molar-refractivity contribution in [3.05, 3.63) is 65.9 Å². The van der Waals surface area contributed by atoms with Crippen LogP contribution in [0.2, 0.25) is 0 Å². The lowest BCUT2D eigenvalue weighted by Gasteiger charge is -2.36. The van der Waals surface area contributed by atoms with Gasteiger partial charge in [0.15, 0.2) is 0 Å². The molecule has 3 N–H and O–H groups in total. The first-order valence-corrected chi connectivity index (χ1v) is 15.9. The predicted molar refractivity (Wildman–Crippen MR) is 172 cm³/mol. The molecule has 10 nitrogen and oxygen atoms in total. The van der Waals surface area contributed by atoms with Gasteiger partial charge < -0.3 is 29.9 Å². The van der Waals surface area contributed by atoms with Crippen LogP contribution in [0.15, 0.2) is 54.6 Å². The number of fused-ring (bicyclic) bond motifs is 1. The number of aromatic carboxylic acids is 1. The van der Waals surface area contributed by atoms with Crippen LogP contribution in [0.5, 0.6) is 0 Å². The maximum Gasteiger partial charge on any atom is 0.407 e. The smallest absolute Gasteiger partial charge is 0.407 e. The largest absolute Gasteiger partial charge is 0.477 e. The summed E-state index contributed by atoms with van der Waals surface area (Å²) in [5, 5.41) is 15.9. The van der Waals surface area contributed by atoms with E-state index >= 15 is 0 Å². The molecule has 0 bridgehead atoms. The fraction of sp³-hybridized carbons (Fsp3) is 0.486. The number of alkyl carbamates (subject to hydrolysis) is 1. The van der Waals surface area contributed by atoms with Crippen molar-refractivity contribution < 1.29 is 33.4 Å². The van der Waals surface area contributed by atoms with E-state index < -0.39 is 36.4 Å². The van der Waals surface area contributed by atoms with Gasteiger partial charge in [-0.25, -0.2) is 14.0 Å². The van der Waals surface area contributed by atoms with Gasteiger partial charge in [0.2, 0.25) is 11.8 Å². The summed E-state index contributed by atoms with van der Waals surface area (Å²) in [4.78, 5) is 53.6. The number of nitrogens with one attached hydrogen (secondary N) is 2. The zero-order valence-electron chi connectivity index (χ0n) is 26.8. The highest BCUT2D eigenvalue weighted by molar-refractivity contribution is 6.01. The maximum atomic E-state index is 14.0. The van der Waals surface area contributed by atoms with Gasteiger partial charge in [-0.3, -0.25) is 9.59 Å². The second-order valence-electron chi connectivity index (χ2n) is 13.5. The number of carbonyl (C=O) groups is 4. The number of alkyl halides is 1. The Kier molecular flexibility index (Phi) is 9.69. The van der Waals surface area contributed by atoms with Gasteiger partial charge in [-0.15, -0.1) is 0 Å². The van der Waals surface area contributed by atoms with E-state index in [9.17, 15) is 28.7 Å². The third-order valence-corrected chi connectivity index (χ3v) is 9.26. The molecule has 2 fully saturated rings. The normalized spacial score (nSPS) is 22.3. The molecule has 246 valence electrons. The van der Waals surface area contributed by atoms with E-state index in [1.54, 1.807) is 61.6 Å². The number of aromatic nitrogens is 1. The highest BCUT2D eigenvalue weighted by atomic mass is 19.1. The standard InChI is InChI=1S/C35H43FN4O6/c1-35(2,3)46-34(45)38-27(20-36)22-10-12-23(13-11-22)32(42)40-17-16-26(21-8-6-5-7-9-21)30(40)31(41)37-25-14-15-28-24(18-25)19-29(33(43)44)39(28)4/h5-9,14-15,18-19,22-23,26-27,30H,10-13,16-17,20H2,1-4H3,(H,37,41)(H,38,45)(H,43,44)/t22?,23?,26-,27+,30+/m0/s1. The fourth-order valence-electron chi connectivity index (χ4n) is 7.01. The number of hydrogen-bond donors (Lipinski definition) is 3. The Morgan fingerprint density at radius 2 is 1.70 bits per heavy atom. The van der Waals surface area contributed by atoms with Crippen molar-refractivity contribution in [2.45, 2.75) is 76.5 Å². The summed E-state index contributed by atoms with van der Waals surface area (Å²) in [6.45, 7) is 4.97. The van der Waals surface area contributed by atoms with Crippen LogP contribution >= 0.6 is 0 Å². The number of anilines is 1. The van der Waals surface area contributed by atoms with Crippen molar-refractivity contribution >= 4 is 40.5 Å². The van der Waals surface area contributed by atoms with Crippen molar-refractivity contribution in [1.82, 2.24) is 14.8 Å². The first-order chi connectivity index (χ1) is 21.9. The number of carboxylic acids is 1. The molecule has 0 spiro atoms. The lowest BCUT2D eigenvalue weighted by Crippen LogP contribution is -2.49. The van der Waals surface area contributed by atoms with Crippen LogP contribution in [0.3, 0.4) is 0 Å². The quantitative estimate of drug-likeness (QED) is 0.284. The minimum Gasteiger partial charge on any atom is -0.477 e. The van der Waals surface area contributed by atoms with E-state index in [1.165, 1.54) is 0 Å². The minimum absolute atomic E-state index is 0.0847. The summed E-state index contributed by atoms with van der Waals surface area (Å²) < 4.78 is 20.9. The van der Waals surface area contributed by atoms with Crippen molar-refractivity contribution in [3.8, 4) is 0 Å². The van der Waals surface area contributed by atoms with Crippen LogP contribution < -0.4 is 10.6 Å². The Balaban J connectivity index is 1.30. The van der Waals surface area contributed by atoms with Gasteiger partial charge in [0, 0.05) is 42.0 Å². The van der Waals surface area contributed by atoms with Gasteiger partial charge in [0.25, 0.3) is 0 Å². The van der Waals surface area contributed by atoms with Crippen LogP contribution in [0, 0.1) is 11.8 Å². The zero-order chi connectivity index (χ0) is 33.2. The van der Waals surface area contributed by atoms with Gasteiger partial charge >= 0.3 is 12.1 Å². The Morgan fingerprint density at radius 1 is 1.00 bits per heavy atom. The number of nitrogens with zero attached hydrogens (tertiary/aromatic N) is 2. The molecule has 11 heteroatoms. The van der Waals surface area contributed by atoms with Gasteiger partial charge in [-0.05, 0) is 88.6 Å². The van der Waals surface area contributed by atoms with Crippen molar-refractivity contribution in [2.75, 3.05) is 18.5 Å². The van der Waals surface area contributed by atoms with Crippen LogP contribution in [0.1, 0.15) is 74.8 Å². The molecule has 5 rings (SSSR count). The number of ether oxygens (including phenoxy) is 1. The second-order valence-corrected chi connectivity index (χ2v) is 13.5. The minimum atomic E-state index is -1.04. The molecule has 3 aromatic rings. The van der Waals surface area contributed by atoms with Crippen LogP contribution in [0.4, 0.5) is 14.9 Å². The number of carboxylic acid groups (broad SMARTS) is 1. The van der Waals surface area contributed by atoms with Gasteiger partial charge in [0.1, 0.15) is 24.0 Å². The summed E-state index contributed by atoms with van der Waals surface area (Å²) in [6.07, 6.45) is 2.19. The number of rotatable bonds is 8. The molecule has 2 aromatic carbocycles. The van der Waals surface area contributed by atoms with E-state index in [0.717, 1.165) is 11.1 Å². The van der Waals surface area contributed by atoms with Crippen LogP contribution in [0.25, 0.3) is 10.9 Å². The third kappa shape index (κ3) is 7.18. The summed E-state index contributed by atoms with van der Waals surface area (Å²) in [6, 6.07) is 15.1. The lowest BCUT2D eigenvalue weighted by molar-refractivity contribution is -0.141.